The zero-order valence-corrected chi connectivity index (χ0v) is 9.16. The first-order valence-electron chi connectivity index (χ1n) is 5.25. The lowest BCUT2D eigenvalue weighted by Gasteiger charge is -2.16. The molecular weight excluding hydrogens is 172 g/mol. The third-order valence-corrected chi connectivity index (χ3v) is 2.52. The minimum absolute atomic E-state index is 0.0798. The number of ketones is 1. The van der Waals surface area contributed by atoms with E-state index in [-0.39, 0.29) is 11.8 Å². The lowest BCUT2D eigenvalue weighted by atomic mass is 9.87. The molecule has 0 spiro atoms. The second-order valence-corrected chi connectivity index (χ2v) is 3.93. The normalized spacial score (nSPS) is 12.9. The summed E-state index contributed by atoms with van der Waals surface area (Å²) in [5, 5.41) is 0. The van der Waals surface area contributed by atoms with E-state index in [1.807, 2.05) is 44.2 Å². The Bertz CT molecular complexity index is 287. The zero-order valence-electron chi connectivity index (χ0n) is 9.16. The molecule has 0 aliphatic heterocycles. The van der Waals surface area contributed by atoms with Crippen molar-refractivity contribution in [1.29, 1.82) is 0 Å². The van der Waals surface area contributed by atoms with Gasteiger partial charge >= 0.3 is 0 Å². The van der Waals surface area contributed by atoms with Gasteiger partial charge in [0.25, 0.3) is 0 Å². The highest BCUT2D eigenvalue weighted by molar-refractivity contribution is 5.87. The molecule has 0 saturated heterocycles. The molecule has 0 N–H and O–H groups in total. The number of rotatable bonds is 4. The summed E-state index contributed by atoms with van der Waals surface area (Å²) in [6, 6.07) is 10.0. The van der Waals surface area contributed by atoms with E-state index >= 15 is 0 Å². The molecule has 1 aromatic carbocycles. The van der Waals surface area contributed by atoms with Crippen LogP contribution in [0.15, 0.2) is 30.3 Å². The molecule has 1 rings (SSSR count). The van der Waals surface area contributed by atoms with Crippen LogP contribution in [0.1, 0.15) is 38.7 Å². The standard InChI is InChI=1S/C13H18O/c1-4-12(13(14)10(2)3)11-8-6-5-7-9-11/h5-10,12H,4H2,1-3H3/t12-/m0/s1. The third-order valence-electron chi connectivity index (χ3n) is 2.52. The monoisotopic (exact) mass is 190 g/mol. The minimum Gasteiger partial charge on any atom is -0.299 e. The lowest BCUT2D eigenvalue weighted by molar-refractivity contribution is -0.123. The van der Waals surface area contributed by atoms with Crippen LogP contribution in [0, 0.1) is 5.92 Å². The quantitative estimate of drug-likeness (QED) is 0.711. The number of hydrogen-bond donors (Lipinski definition) is 0. The van der Waals surface area contributed by atoms with Gasteiger partial charge in [-0.25, -0.2) is 0 Å². The van der Waals surface area contributed by atoms with Gasteiger partial charge in [-0.15, -0.1) is 0 Å². The summed E-state index contributed by atoms with van der Waals surface area (Å²) in [5.74, 6) is 0.551. The molecule has 1 atom stereocenters. The molecule has 0 bridgehead atoms. The van der Waals surface area contributed by atoms with Gasteiger partial charge < -0.3 is 0 Å². The van der Waals surface area contributed by atoms with Gasteiger partial charge in [-0.2, -0.15) is 0 Å². The molecule has 0 aliphatic carbocycles. The Morgan fingerprint density at radius 3 is 2.21 bits per heavy atom. The second kappa shape index (κ2) is 4.94. The average Bonchev–Trinajstić information content (AvgIpc) is 2.20. The van der Waals surface area contributed by atoms with Crippen molar-refractivity contribution in [2.45, 2.75) is 33.1 Å². The Balaban J connectivity index is 2.88. The van der Waals surface area contributed by atoms with Gasteiger partial charge in [0.05, 0.1) is 0 Å². The fourth-order valence-corrected chi connectivity index (χ4v) is 1.69. The SMILES string of the molecule is CC[C@H](C(=O)C(C)C)c1ccccc1. The molecule has 0 heterocycles. The first-order chi connectivity index (χ1) is 6.66. The number of benzene rings is 1. The van der Waals surface area contributed by atoms with Gasteiger partial charge in [0.1, 0.15) is 5.78 Å². The Kier molecular flexibility index (Phi) is 3.87. The smallest absolute Gasteiger partial charge is 0.142 e. The summed E-state index contributed by atoms with van der Waals surface area (Å²) in [6.45, 7) is 6.00. The first-order valence-corrected chi connectivity index (χ1v) is 5.25. The summed E-state index contributed by atoms with van der Waals surface area (Å²) in [4.78, 5) is 11.9. The van der Waals surface area contributed by atoms with E-state index in [0.29, 0.717) is 5.78 Å². The predicted molar refractivity (Wildman–Crippen MR) is 59.3 cm³/mol. The molecule has 0 fully saturated rings. The minimum atomic E-state index is 0.0798. The van der Waals surface area contributed by atoms with Crippen LogP contribution >= 0.6 is 0 Å². The van der Waals surface area contributed by atoms with E-state index in [1.54, 1.807) is 0 Å². The lowest BCUT2D eigenvalue weighted by Crippen LogP contribution is -2.17. The molecule has 0 unspecified atom stereocenters. The molecule has 1 aromatic rings. The van der Waals surface area contributed by atoms with Crippen molar-refractivity contribution < 1.29 is 4.79 Å². The van der Waals surface area contributed by atoms with Gasteiger partial charge in [-0.05, 0) is 12.0 Å². The highest BCUT2D eigenvalue weighted by Crippen LogP contribution is 2.23. The van der Waals surface area contributed by atoms with E-state index in [2.05, 4.69) is 6.92 Å². The van der Waals surface area contributed by atoms with E-state index in [9.17, 15) is 4.79 Å². The molecule has 0 aromatic heterocycles. The molecule has 76 valence electrons. The third kappa shape index (κ3) is 2.44. The Morgan fingerprint density at radius 2 is 1.79 bits per heavy atom. The number of carbonyl (C=O) groups is 1. The van der Waals surface area contributed by atoms with Crippen LogP contribution in [-0.2, 0) is 4.79 Å². The van der Waals surface area contributed by atoms with Crippen molar-refractivity contribution in [3.63, 3.8) is 0 Å². The Labute approximate surface area is 86.1 Å². The van der Waals surface area contributed by atoms with E-state index in [0.717, 1.165) is 12.0 Å². The van der Waals surface area contributed by atoms with Crippen LogP contribution in [0.5, 0.6) is 0 Å². The van der Waals surface area contributed by atoms with E-state index < -0.39 is 0 Å². The molecule has 0 radical (unpaired) electrons. The summed E-state index contributed by atoms with van der Waals surface area (Å²) < 4.78 is 0. The highest BCUT2D eigenvalue weighted by atomic mass is 16.1. The van der Waals surface area contributed by atoms with Crippen molar-refractivity contribution in [1.82, 2.24) is 0 Å². The van der Waals surface area contributed by atoms with Crippen molar-refractivity contribution in [2.24, 2.45) is 5.92 Å². The molecule has 0 amide bonds. The second-order valence-electron chi connectivity index (χ2n) is 3.93. The van der Waals surface area contributed by atoms with Crippen molar-refractivity contribution in [3.8, 4) is 0 Å². The molecular formula is C13H18O. The van der Waals surface area contributed by atoms with Crippen LogP contribution in [0.25, 0.3) is 0 Å². The molecule has 0 saturated carbocycles. The topological polar surface area (TPSA) is 17.1 Å². The number of hydrogen-bond acceptors (Lipinski definition) is 1. The van der Waals surface area contributed by atoms with Crippen LogP contribution < -0.4 is 0 Å². The summed E-state index contributed by atoms with van der Waals surface area (Å²) >= 11 is 0. The van der Waals surface area contributed by atoms with Gasteiger partial charge in [0, 0.05) is 11.8 Å². The van der Waals surface area contributed by atoms with Gasteiger partial charge in [0.15, 0.2) is 0 Å². The van der Waals surface area contributed by atoms with Crippen LogP contribution in [-0.4, -0.2) is 5.78 Å². The summed E-state index contributed by atoms with van der Waals surface area (Å²) in [6.07, 6.45) is 0.890. The summed E-state index contributed by atoms with van der Waals surface area (Å²) in [5.41, 5.74) is 1.15. The Morgan fingerprint density at radius 1 is 1.21 bits per heavy atom. The predicted octanol–water partition coefficient (Wildman–Crippen LogP) is 3.41. The molecule has 0 aliphatic rings. The maximum Gasteiger partial charge on any atom is 0.142 e. The van der Waals surface area contributed by atoms with E-state index in [1.165, 1.54) is 0 Å². The van der Waals surface area contributed by atoms with Crippen molar-refractivity contribution >= 4 is 5.78 Å². The van der Waals surface area contributed by atoms with Crippen LogP contribution in [0.4, 0.5) is 0 Å². The number of Topliss-reactive ketones (excluding diaryl/α,β-unsaturated/α-hetero) is 1. The van der Waals surface area contributed by atoms with Crippen molar-refractivity contribution in [2.75, 3.05) is 0 Å². The Hall–Kier alpha value is -1.11. The van der Waals surface area contributed by atoms with Gasteiger partial charge in [0.2, 0.25) is 0 Å². The average molecular weight is 190 g/mol. The fourth-order valence-electron chi connectivity index (χ4n) is 1.69. The molecule has 1 nitrogen and oxygen atoms in total. The molecule has 14 heavy (non-hydrogen) atoms. The fraction of sp³-hybridized carbons (Fsp3) is 0.462. The van der Waals surface area contributed by atoms with Crippen molar-refractivity contribution in [3.05, 3.63) is 35.9 Å². The maximum atomic E-state index is 11.9. The van der Waals surface area contributed by atoms with Crippen LogP contribution in [0.3, 0.4) is 0 Å². The highest BCUT2D eigenvalue weighted by Gasteiger charge is 2.20. The largest absolute Gasteiger partial charge is 0.299 e. The molecule has 1 heteroatoms. The van der Waals surface area contributed by atoms with Crippen LogP contribution in [0.2, 0.25) is 0 Å². The van der Waals surface area contributed by atoms with E-state index in [4.69, 9.17) is 0 Å². The number of carbonyl (C=O) groups excluding carboxylic acids is 1. The zero-order chi connectivity index (χ0) is 10.6. The summed E-state index contributed by atoms with van der Waals surface area (Å²) in [7, 11) is 0. The van der Waals surface area contributed by atoms with Gasteiger partial charge in [-0.1, -0.05) is 51.1 Å². The van der Waals surface area contributed by atoms with Gasteiger partial charge in [-0.3, -0.25) is 4.79 Å². The maximum absolute atomic E-state index is 11.9. The first kappa shape index (κ1) is 11.0.